The number of aromatic nitrogens is 2. The van der Waals surface area contributed by atoms with Crippen molar-refractivity contribution in [3.05, 3.63) is 40.0 Å². The molecule has 4 nitrogen and oxygen atoms in total. The van der Waals surface area contributed by atoms with E-state index in [0.717, 1.165) is 66.9 Å². The molecule has 1 aliphatic rings. The molecule has 1 fully saturated rings. The zero-order valence-corrected chi connectivity index (χ0v) is 18.4. The second kappa shape index (κ2) is 8.54. The summed E-state index contributed by atoms with van der Waals surface area (Å²) >= 11 is 8.43. The predicted octanol–water partition coefficient (Wildman–Crippen LogP) is 5.92. The third-order valence-corrected chi connectivity index (χ3v) is 7.04. The van der Waals surface area contributed by atoms with Crippen LogP contribution in [0.1, 0.15) is 44.1 Å². The van der Waals surface area contributed by atoms with E-state index in [0.29, 0.717) is 6.04 Å². The standard InChI is InChI=1S/C22H28ClN3OS/c1-4-25(5-2)13-16-14-28-22(24-16)20-15(3)26(17-9-11-27-12-10-17)21-18(20)7-6-8-19(21)23/h6-8,14,17H,4-5,9-13H2,1-3H3. The molecular formula is C22H28ClN3OS. The summed E-state index contributed by atoms with van der Waals surface area (Å²) in [6.45, 7) is 11.2. The maximum Gasteiger partial charge on any atom is 0.126 e. The van der Waals surface area contributed by atoms with Crippen LogP contribution in [0.4, 0.5) is 0 Å². The third kappa shape index (κ3) is 3.61. The lowest BCUT2D eigenvalue weighted by Gasteiger charge is -2.26. The minimum absolute atomic E-state index is 0.431. The number of halogens is 1. The summed E-state index contributed by atoms with van der Waals surface area (Å²) in [5.74, 6) is 0. The van der Waals surface area contributed by atoms with Crippen LogP contribution in [0, 0.1) is 6.92 Å². The third-order valence-electron chi connectivity index (χ3n) is 5.82. The van der Waals surface area contributed by atoms with Crippen LogP contribution >= 0.6 is 22.9 Å². The molecule has 28 heavy (non-hydrogen) atoms. The van der Waals surface area contributed by atoms with Gasteiger partial charge >= 0.3 is 0 Å². The van der Waals surface area contributed by atoms with Gasteiger partial charge in [-0.25, -0.2) is 4.98 Å². The van der Waals surface area contributed by atoms with Gasteiger partial charge in [0.25, 0.3) is 0 Å². The molecule has 0 amide bonds. The lowest BCUT2D eigenvalue weighted by molar-refractivity contribution is 0.0703. The molecule has 1 aromatic carbocycles. The van der Waals surface area contributed by atoms with Gasteiger partial charge in [-0.2, -0.15) is 0 Å². The van der Waals surface area contributed by atoms with Crippen molar-refractivity contribution in [2.75, 3.05) is 26.3 Å². The molecule has 3 aromatic rings. The van der Waals surface area contributed by atoms with Crippen LogP contribution < -0.4 is 0 Å². The monoisotopic (exact) mass is 417 g/mol. The van der Waals surface area contributed by atoms with Gasteiger partial charge < -0.3 is 9.30 Å². The summed E-state index contributed by atoms with van der Waals surface area (Å²) in [6, 6.07) is 6.66. The number of rotatable bonds is 6. The Bertz CT molecular complexity index is 954. The Balaban J connectivity index is 1.81. The van der Waals surface area contributed by atoms with Gasteiger partial charge in [0.05, 0.1) is 16.2 Å². The first kappa shape index (κ1) is 19.9. The Kier molecular flexibility index (Phi) is 6.07. The topological polar surface area (TPSA) is 30.3 Å². The van der Waals surface area contributed by atoms with Crippen molar-refractivity contribution in [3.8, 4) is 10.6 Å². The molecule has 0 spiro atoms. The number of hydrogen-bond donors (Lipinski definition) is 0. The molecule has 3 heterocycles. The van der Waals surface area contributed by atoms with Crippen LogP contribution in [0.3, 0.4) is 0 Å². The Morgan fingerprint density at radius 2 is 2.00 bits per heavy atom. The normalized spacial score (nSPS) is 15.8. The van der Waals surface area contributed by atoms with Crippen molar-refractivity contribution < 1.29 is 4.74 Å². The van der Waals surface area contributed by atoms with Crippen molar-refractivity contribution >= 4 is 33.8 Å². The first-order chi connectivity index (χ1) is 13.6. The zero-order valence-electron chi connectivity index (χ0n) is 16.9. The average molecular weight is 418 g/mol. The lowest BCUT2D eigenvalue weighted by Crippen LogP contribution is -2.22. The number of hydrogen-bond acceptors (Lipinski definition) is 4. The van der Waals surface area contributed by atoms with Gasteiger partial charge in [-0.3, -0.25) is 4.90 Å². The van der Waals surface area contributed by atoms with Crippen LogP contribution in [0.25, 0.3) is 21.5 Å². The molecule has 0 radical (unpaired) electrons. The van der Waals surface area contributed by atoms with Gasteiger partial charge in [0, 0.05) is 47.8 Å². The number of benzene rings is 1. The molecule has 0 saturated carbocycles. The number of nitrogens with zero attached hydrogens (tertiary/aromatic N) is 3. The summed E-state index contributed by atoms with van der Waals surface area (Å²) in [4.78, 5) is 7.41. The molecule has 0 unspecified atom stereocenters. The summed E-state index contributed by atoms with van der Waals surface area (Å²) in [5, 5.41) is 5.33. The minimum Gasteiger partial charge on any atom is -0.381 e. The van der Waals surface area contributed by atoms with E-state index >= 15 is 0 Å². The summed E-state index contributed by atoms with van der Waals surface area (Å²) in [7, 11) is 0. The molecule has 0 aliphatic carbocycles. The SMILES string of the molecule is CCN(CC)Cc1csc(-c2c(C)n(C3CCOCC3)c3c(Cl)cccc23)n1. The lowest BCUT2D eigenvalue weighted by atomic mass is 10.1. The van der Waals surface area contributed by atoms with E-state index in [9.17, 15) is 0 Å². The fraction of sp³-hybridized carbons (Fsp3) is 0.500. The molecule has 0 N–H and O–H groups in total. The Morgan fingerprint density at radius 3 is 2.71 bits per heavy atom. The number of ether oxygens (including phenoxy) is 1. The highest BCUT2D eigenvalue weighted by molar-refractivity contribution is 7.13. The molecule has 0 atom stereocenters. The highest BCUT2D eigenvalue weighted by Gasteiger charge is 2.25. The molecule has 6 heteroatoms. The fourth-order valence-electron chi connectivity index (χ4n) is 4.29. The second-order valence-electron chi connectivity index (χ2n) is 7.42. The quantitative estimate of drug-likeness (QED) is 0.498. The second-order valence-corrected chi connectivity index (χ2v) is 8.68. The van der Waals surface area contributed by atoms with Crippen molar-refractivity contribution in [1.29, 1.82) is 0 Å². The Labute approximate surface area is 176 Å². The number of fused-ring (bicyclic) bond motifs is 1. The predicted molar refractivity (Wildman–Crippen MR) is 119 cm³/mol. The van der Waals surface area contributed by atoms with Crippen LogP contribution in [0.15, 0.2) is 23.6 Å². The van der Waals surface area contributed by atoms with Gasteiger partial charge in [0.1, 0.15) is 5.01 Å². The van der Waals surface area contributed by atoms with E-state index < -0.39 is 0 Å². The first-order valence-electron chi connectivity index (χ1n) is 10.2. The fourth-order valence-corrected chi connectivity index (χ4v) is 5.47. The van der Waals surface area contributed by atoms with Gasteiger partial charge in [0.2, 0.25) is 0 Å². The molecule has 150 valence electrons. The van der Waals surface area contributed by atoms with E-state index in [4.69, 9.17) is 21.3 Å². The minimum atomic E-state index is 0.431. The van der Waals surface area contributed by atoms with Crippen molar-refractivity contribution in [2.45, 2.75) is 46.2 Å². The smallest absolute Gasteiger partial charge is 0.126 e. The summed E-state index contributed by atoms with van der Waals surface area (Å²) in [5.41, 5.74) is 4.79. The average Bonchev–Trinajstić information content (AvgIpc) is 3.28. The Morgan fingerprint density at radius 1 is 1.25 bits per heavy atom. The van der Waals surface area contributed by atoms with Gasteiger partial charge in [-0.05, 0) is 38.9 Å². The largest absolute Gasteiger partial charge is 0.381 e. The molecule has 1 aliphatic heterocycles. The van der Waals surface area contributed by atoms with E-state index in [2.05, 4.69) is 41.7 Å². The van der Waals surface area contributed by atoms with Gasteiger partial charge in [0.15, 0.2) is 0 Å². The first-order valence-corrected chi connectivity index (χ1v) is 11.4. The summed E-state index contributed by atoms with van der Waals surface area (Å²) < 4.78 is 8.04. The van der Waals surface area contributed by atoms with E-state index in [1.54, 1.807) is 11.3 Å². The number of thiazole rings is 1. The van der Waals surface area contributed by atoms with E-state index in [1.807, 2.05) is 12.1 Å². The highest BCUT2D eigenvalue weighted by atomic mass is 35.5. The van der Waals surface area contributed by atoms with Crippen LogP contribution in [-0.2, 0) is 11.3 Å². The van der Waals surface area contributed by atoms with Crippen LogP contribution in [0.2, 0.25) is 5.02 Å². The van der Waals surface area contributed by atoms with Crippen LogP contribution in [0.5, 0.6) is 0 Å². The van der Waals surface area contributed by atoms with E-state index in [-0.39, 0.29) is 0 Å². The van der Waals surface area contributed by atoms with E-state index in [1.165, 1.54) is 16.6 Å². The number of para-hydroxylation sites is 1. The Hall–Kier alpha value is -1.40. The molecule has 2 aromatic heterocycles. The van der Waals surface area contributed by atoms with Crippen molar-refractivity contribution in [2.24, 2.45) is 0 Å². The van der Waals surface area contributed by atoms with Crippen LogP contribution in [-0.4, -0.2) is 40.8 Å². The molecular weight excluding hydrogens is 390 g/mol. The van der Waals surface area contributed by atoms with Gasteiger partial charge in [-0.15, -0.1) is 11.3 Å². The van der Waals surface area contributed by atoms with Crippen molar-refractivity contribution in [1.82, 2.24) is 14.5 Å². The molecule has 0 bridgehead atoms. The molecule has 1 saturated heterocycles. The summed E-state index contributed by atoms with van der Waals surface area (Å²) in [6.07, 6.45) is 2.06. The molecule has 4 rings (SSSR count). The maximum absolute atomic E-state index is 6.69. The van der Waals surface area contributed by atoms with Gasteiger partial charge in [-0.1, -0.05) is 37.6 Å². The highest BCUT2D eigenvalue weighted by Crippen LogP contribution is 2.42. The van der Waals surface area contributed by atoms with Crippen molar-refractivity contribution in [3.63, 3.8) is 0 Å². The zero-order chi connectivity index (χ0) is 19.7. The maximum atomic E-state index is 6.69.